The van der Waals surface area contributed by atoms with Gasteiger partial charge in [0.15, 0.2) is 0 Å². The van der Waals surface area contributed by atoms with Gasteiger partial charge in [0.05, 0.1) is 50.0 Å². The highest BCUT2D eigenvalue weighted by Crippen LogP contribution is 2.11. The standard InChI is InChI=1S/C19H27N3O7/c1-26-7-8-28-13-29-12-17(9-16(11-27-2)19(24)22-25)21-18(23)15-5-3-14(10-20)4-6-15/h3-6,16-17,25H,7-9,11-13H2,1-2H3,(H,21,23)(H,22,24). The lowest BCUT2D eigenvalue weighted by Crippen LogP contribution is -2.43. The van der Waals surface area contributed by atoms with Crippen LogP contribution in [0, 0.1) is 17.2 Å². The predicted octanol–water partition coefficient (Wildman–Crippen LogP) is 0.452. The summed E-state index contributed by atoms with van der Waals surface area (Å²) in [6.45, 7) is 0.911. The molecule has 2 atom stereocenters. The number of hydrogen-bond acceptors (Lipinski definition) is 8. The molecule has 0 saturated heterocycles. The van der Waals surface area contributed by atoms with Gasteiger partial charge in [0, 0.05) is 19.8 Å². The number of nitrogens with zero attached hydrogens (tertiary/aromatic N) is 1. The molecule has 0 heterocycles. The van der Waals surface area contributed by atoms with Crippen LogP contribution in [-0.4, -0.2) is 70.5 Å². The molecule has 2 amide bonds. The minimum Gasteiger partial charge on any atom is -0.384 e. The van der Waals surface area contributed by atoms with Crippen LogP contribution >= 0.6 is 0 Å². The molecule has 0 fully saturated rings. The minimum atomic E-state index is -0.700. The zero-order valence-electron chi connectivity index (χ0n) is 16.6. The summed E-state index contributed by atoms with van der Waals surface area (Å²) in [5.74, 6) is -1.71. The van der Waals surface area contributed by atoms with Gasteiger partial charge in [-0.3, -0.25) is 14.8 Å². The summed E-state index contributed by atoms with van der Waals surface area (Å²) in [6, 6.07) is 7.58. The molecule has 1 aromatic carbocycles. The number of carbonyl (C=O) groups is 2. The van der Waals surface area contributed by atoms with E-state index in [1.807, 2.05) is 6.07 Å². The zero-order valence-corrected chi connectivity index (χ0v) is 16.6. The average molecular weight is 409 g/mol. The predicted molar refractivity (Wildman–Crippen MR) is 101 cm³/mol. The molecule has 1 aromatic rings. The molecule has 0 aliphatic carbocycles. The number of rotatable bonds is 14. The monoisotopic (exact) mass is 409 g/mol. The van der Waals surface area contributed by atoms with E-state index in [2.05, 4.69) is 5.32 Å². The fraction of sp³-hybridized carbons (Fsp3) is 0.526. The van der Waals surface area contributed by atoms with E-state index in [1.165, 1.54) is 31.4 Å². The van der Waals surface area contributed by atoms with Crippen LogP contribution in [0.2, 0.25) is 0 Å². The van der Waals surface area contributed by atoms with Gasteiger partial charge in [-0.05, 0) is 30.7 Å². The lowest BCUT2D eigenvalue weighted by molar-refractivity contribution is -0.135. The van der Waals surface area contributed by atoms with Crippen LogP contribution in [0.1, 0.15) is 22.3 Å². The largest absolute Gasteiger partial charge is 0.384 e. The second kappa shape index (κ2) is 14.4. The quantitative estimate of drug-likeness (QED) is 0.174. The summed E-state index contributed by atoms with van der Waals surface area (Å²) in [6.07, 6.45) is 0.167. The van der Waals surface area contributed by atoms with Crippen molar-refractivity contribution < 1.29 is 33.7 Å². The van der Waals surface area contributed by atoms with Crippen molar-refractivity contribution in [3.63, 3.8) is 0 Å². The first-order chi connectivity index (χ1) is 14.0. The Morgan fingerprint density at radius 1 is 1.10 bits per heavy atom. The Balaban J connectivity index is 2.74. The van der Waals surface area contributed by atoms with Crippen molar-refractivity contribution in [1.82, 2.24) is 10.8 Å². The fourth-order valence-electron chi connectivity index (χ4n) is 2.47. The van der Waals surface area contributed by atoms with Crippen LogP contribution in [0.5, 0.6) is 0 Å². The Labute approximate surface area is 169 Å². The normalized spacial score (nSPS) is 12.6. The average Bonchev–Trinajstić information content (AvgIpc) is 2.75. The first kappa shape index (κ1) is 24.5. The smallest absolute Gasteiger partial charge is 0.251 e. The minimum absolute atomic E-state index is 0.00621. The molecule has 10 nitrogen and oxygen atoms in total. The number of hydroxylamine groups is 1. The Bertz CT molecular complexity index is 661. The van der Waals surface area contributed by atoms with Crippen LogP contribution in [0.15, 0.2) is 24.3 Å². The van der Waals surface area contributed by atoms with Gasteiger partial charge in [-0.25, -0.2) is 5.48 Å². The van der Waals surface area contributed by atoms with Gasteiger partial charge in [-0.2, -0.15) is 5.26 Å². The first-order valence-corrected chi connectivity index (χ1v) is 8.94. The number of nitrogens with one attached hydrogen (secondary N) is 2. The van der Waals surface area contributed by atoms with E-state index in [-0.39, 0.29) is 32.3 Å². The van der Waals surface area contributed by atoms with E-state index in [0.29, 0.717) is 24.3 Å². The molecule has 0 spiro atoms. The molecule has 160 valence electrons. The molecule has 0 aromatic heterocycles. The topological polar surface area (TPSA) is 139 Å². The third-order valence-electron chi connectivity index (χ3n) is 3.95. The van der Waals surface area contributed by atoms with Crippen molar-refractivity contribution in [1.29, 1.82) is 5.26 Å². The number of nitriles is 1. The number of methoxy groups -OCH3 is 2. The number of carbonyl (C=O) groups excluding carboxylic acids is 2. The van der Waals surface area contributed by atoms with Gasteiger partial charge < -0.3 is 24.3 Å². The molecule has 0 aliphatic rings. The molecular weight excluding hydrogens is 382 g/mol. The Kier molecular flexibility index (Phi) is 12.2. The van der Waals surface area contributed by atoms with Crippen LogP contribution in [0.25, 0.3) is 0 Å². The molecular formula is C19H27N3O7. The van der Waals surface area contributed by atoms with Crippen LogP contribution in [0.3, 0.4) is 0 Å². The fourth-order valence-corrected chi connectivity index (χ4v) is 2.47. The Hall–Kier alpha value is -2.55. The van der Waals surface area contributed by atoms with Gasteiger partial charge in [0.25, 0.3) is 5.91 Å². The third-order valence-corrected chi connectivity index (χ3v) is 3.95. The second-order valence-corrected chi connectivity index (χ2v) is 6.11. The maximum absolute atomic E-state index is 12.5. The molecule has 0 bridgehead atoms. The van der Waals surface area contributed by atoms with Crippen molar-refractivity contribution >= 4 is 11.8 Å². The molecule has 0 aliphatic heterocycles. The lowest BCUT2D eigenvalue weighted by Gasteiger charge is -2.23. The Morgan fingerprint density at radius 3 is 2.41 bits per heavy atom. The number of amides is 2. The molecule has 10 heteroatoms. The van der Waals surface area contributed by atoms with E-state index >= 15 is 0 Å². The van der Waals surface area contributed by atoms with Crippen LogP contribution in [-0.2, 0) is 23.7 Å². The lowest BCUT2D eigenvalue weighted by atomic mass is 9.99. The van der Waals surface area contributed by atoms with E-state index in [1.54, 1.807) is 12.6 Å². The highest BCUT2D eigenvalue weighted by atomic mass is 16.7. The van der Waals surface area contributed by atoms with Crippen LogP contribution in [0.4, 0.5) is 0 Å². The molecule has 0 saturated carbocycles. The summed E-state index contributed by atoms with van der Waals surface area (Å²) in [7, 11) is 2.99. The van der Waals surface area contributed by atoms with E-state index in [9.17, 15) is 9.59 Å². The summed E-state index contributed by atoms with van der Waals surface area (Å²) < 4.78 is 20.5. The van der Waals surface area contributed by atoms with Crippen LogP contribution < -0.4 is 10.8 Å². The van der Waals surface area contributed by atoms with Gasteiger partial charge in [-0.15, -0.1) is 0 Å². The van der Waals surface area contributed by atoms with E-state index in [4.69, 9.17) is 29.4 Å². The summed E-state index contributed by atoms with van der Waals surface area (Å²) >= 11 is 0. The number of benzene rings is 1. The Morgan fingerprint density at radius 2 is 1.83 bits per heavy atom. The molecule has 1 rings (SSSR count). The van der Waals surface area contributed by atoms with Gasteiger partial charge in [-0.1, -0.05) is 0 Å². The van der Waals surface area contributed by atoms with Crippen molar-refractivity contribution in [2.45, 2.75) is 12.5 Å². The first-order valence-electron chi connectivity index (χ1n) is 8.94. The number of ether oxygens (including phenoxy) is 4. The van der Waals surface area contributed by atoms with Crippen molar-refractivity contribution in [2.24, 2.45) is 5.92 Å². The van der Waals surface area contributed by atoms with E-state index in [0.717, 1.165) is 0 Å². The maximum Gasteiger partial charge on any atom is 0.251 e. The van der Waals surface area contributed by atoms with Gasteiger partial charge >= 0.3 is 0 Å². The third kappa shape index (κ3) is 9.47. The van der Waals surface area contributed by atoms with Crippen molar-refractivity contribution in [3.05, 3.63) is 35.4 Å². The molecule has 3 N–H and O–H groups in total. The molecule has 0 radical (unpaired) electrons. The van der Waals surface area contributed by atoms with Gasteiger partial charge in [0.2, 0.25) is 5.91 Å². The zero-order chi connectivity index (χ0) is 21.5. The highest BCUT2D eigenvalue weighted by Gasteiger charge is 2.25. The summed E-state index contributed by atoms with van der Waals surface area (Å²) in [5, 5.41) is 20.6. The van der Waals surface area contributed by atoms with E-state index < -0.39 is 17.9 Å². The van der Waals surface area contributed by atoms with Gasteiger partial charge in [0.1, 0.15) is 6.79 Å². The second-order valence-electron chi connectivity index (χ2n) is 6.11. The summed E-state index contributed by atoms with van der Waals surface area (Å²) in [4.78, 5) is 24.4. The maximum atomic E-state index is 12.5. The van der Waals surface area contributed by atoms with Crippen molar-refractivity contribution in [3.8, 4) is 6.07 Å². The SMILES string of the molecule is COCCOCOCC(CC(COC)C(=O)NO)NC(=O)c1ccc(C#N)cc1. The summed E-state index contributed by atoms with van der Waals surface area (Å²) in [5.41, 5.74) is 2.40. The van der Waals surface area contributed by atoms with Crippen molar-refractivity contribution in [2.75, 3.05) is 47.4 Å². The molecule has 29 heavy (non-hydrogen) atoms. The highest BCUT2D eigenvalue weighted by molar-refractivity contribution is 5.94. The number of hydrogen-bond donors (Lipinski definition) is 3. The molecule has 2 unspecified atom stereocenters.